The summed E-state index contributed by atoms with van der Waals surface area (Å²) in [6, 6.07) is 4.81. The van der Waals surface area contributed by atoms with Gasteiger partial charge in [-0.2, -0.15) is 5.10 Å². The number of hydrogen-bond donors (Lipinski definition) is 2. The summed E-state index contributed by atoms with van der Waals surface area (Å²) in [5.74, 6) is -0.163. The molecule has 1 amide bonds. The van der Waals surface area contributed by atoms with Gasteiger partial charge in [-0.3, -0.25) is 9.48 Å². The normalized spacial score (nSPS) is 10.4. The van der Waals surface area contributed by atoms with Gasteiger partial charge < -0.3 is 10.4 Å². The number of aryl methyl sites for hydroxylation is 2. The average Bonchev–Trinajstić information content (AvgIpc) is 2.61. The molecule has 0 aliphatic carbocycles. The van der Waals surface area contributed by atoms with Gasteiger partial charge in [0.25, 0.3) is 5.91 Å². The van der Waals surface area contributed by atoms with Crippen LogP contribution in [-0.4, -0.2) is 20.8 Å². The highest BCUT2D eigenvalue weighted by atomic mass is 127. The van der Waals surface area contributed by atoms with Crippen molar-refractivity contribution in [1.29, 1.82) is 0 Å². The van der Waals surface area contributed by atoms with Gasteiger partial charge in [-0.15, -0.1) is 0 Å². The summed E-state index contributed by atoms with van der Waals surface area (Å²) in [7, 11) is 1.79. The maximum absolute atomic E-state index is 12.0. The van der Waals surface area contributed by atoms with E-state index in [0.717, 1.165) is 5.69 Å². The molecule has 0 radical (unpaired) electrons. The summed E-state index contributed by atoms with van der Waals surface area (Å²) < 4.78 is 2.35. The van der Waals surface area contributed by atoms with Crippen LogP contribution in [0, 0.1) is 10.5 Å². The number of rotatable bonds is 2. The summed E-state index contributed by atoms with van der Waals surface area (Å²) in [5, 5.41) is 16.5. The van der Waals surface area contributed by atoms with E-state index in [1.807, 2.05) is 29.5 Å². The molecule has 18 heavy (non-hydrogen) atoms. The quantitative estimate of drug-likeness (QED) is 0.811. The van der Waals surface area contributed by atoms with E-state index in [1.54, 1.807) is 30.1 Å². The molecule has 0 aliphatic heterocycles. The SMILES string of the molecule is Cc1nn(C)cc1NC(=O)c1ccc(I)c(O)c1. The molecule has 94 valence electrons. The van der Waals surface area contributed by atoms with Crippen molar-refractivity contribution in [2.24, 2.45) is 7.05 Å². The first kappa shape index (κ1) is 12.9. The first-order chi connectivity index (χ1) is 8.47. The van der Waals surface area contributed by atoms with Gasteiger partial charge in [-0.05, 0) is 47.7 Å². The second-order valence-corrected chi connectivity index (χ2v) is 5.08. The Morgan fingerprint density at radius 3 is 2.78 bits per heavy atom. The van der Waals surface area contributed by atoms with Crippen molar-refractivity contribution in [2.45, 2.75) is 6.92 Å². The van der Waals surface area contributed by atoms with Crippen molar-refractivity contribution in [2.75, 3.05) is 5.32 Å². The smallest absolute Gasteiger partial charge is 0.255 e. The highest BCUT2D eigenvalue weighted by Gasteiger charge is 2.11. The molecule has 6 heteroatoms. The van der Waals surface area contributed by atoms with Gasteiger partial charge in [-0.1, -0.05) is 0 Å². The number of nitrogens with zero attached hydrogens (tertiary/aromatic N) is 2. The molecule has 1 aromatic heterocycles. The maximum atomic E-state index is 12.0. The number of carbonyl (C=O) groups excluding carboxylic acids is 1. The van der Waals surface area contributed by atoms with Crippen molar-refractivity contribution in [3.05, 3.63) is 39.2 Å². The lowest BCUT2D eigenvalue weighted by atomic mass is 10.2. The number of nitrogens with one attached hydrogen (secondary N) is 1. The largest absolute Gasteiger partial charge is 0.507 e. The fourth-order valence-electron chi connectivity index (χ4n) is 1.57. The molecule has 0 unspecified atom stereocenters. The van der Waals surface area contributed by atoms with E-state index in [1.165, 1.54) is 6.07 Å². The summed E-state index contributed by atoms with van der Waals surface area (Å²) in [6.45, 7) is 1.82. The molecule has 0 saturated carbocycles. The number of anilines is 1. The van der Waals surface area contributed by atoms with Gasteiger partial charge in [0.05, 0.1) is 15.0 Å². The van der Waals surface area contributed by atoms with Crippen LogP contribution < -0.4 is 5.32 Å². The lowest BCUT2D eigenvalue weighted by molar-refractivity contribution is 0.102. The first-order valence-corrected chi connectivity index (χ1v) is 6.35. The van der Waals surface area contributed by atoms with Crippen LogP contribution in [-0.2, 0) is 7.05 Å². The van der Waals surface area contributed by atoms with Crippen LogP contribution in [0.15, 0.2) is 24.4 Å². The molecule has 0 spiro atoms. The zero-order chi connectivity index (χ0) is 13.3. The van der Waals surface area contributed by atoms with Crippen LogP contribution in [0.4, 0.5) is 5.69 Å². The topological polar surface area (TPSA) is 67.2 Å². The van der Waals surface area contributed by atoms with Crippen molar-refractivity contribution < 1.29 is 9.90 Å². The van der Waals surface area contributed by atoms with Crippen molar-refractivity contribution in [3.8, 4) is 5.75 Å². The third-order valence-electron chi connectivity index (χ3n) is 2.47. The van der Waals surface area contributed by atoms with Crippen LogP contribution in [0.1, 0.15) is 16.1 Å². The molecule has 2 aromatic rings. The van der Waals surface area contributed by atoms with Crippen molar-refractivity contribution in [1.82, 2.24) is 9.78 Å². The molecule has 0 atom stereocenters. The molecule has 0 bridgehead atoms. The Labute approximate surface area is 118 Å². The molecule has 2 N–H and O–H groups in total. The number of hydrogen-bond acceptors (Lipinski definition) is 3. The molecule has 0 saturated heterocycles. The molecule has 1 aromatic carbocycles. The van der Waals surface area contributed by atoms with Gasteiger partial charge in [0, 0.05) is 18.8 Å². The minimum absolute atomic E-state index is 0.103. The molecule has 0 fully saturated rings. The Balaban J connectivity index is 2.22. The fourth-order valence-corrected chi connectivity index (χ4v) is 1.91. The van der Waals surface area contributed by atoms with E-state index < -0.39 is 0 Å². The molecular formula is C12H12IN3O2. The Hall–Kier alpha value is -1.57. The third kappa shape index (κ3) is 2.63. The summed E-state index contributed by atoms with van der Waals surface area (Å²) in [5.41, 5.74) is 1.83. The lowest BCUT2D eigenvalue weighted by Crippen LogP contribution is -2.12. The van der Waals surface area contributed by atoms with E-state index in [0.29, 0.717) is 14.8 Å². The number of halogens is 1. The van der Waals surface area contributed by atoms with Gasteiger partial charge in [-0.25, -0.2) is 0 Å². The first-order valence-electron chi connectivity index (χ1n) is 5.27. The number of benzene rings is 1. The minimum atomic E-state index is -0.266. The average molecular weight is 357 g/mol. The summed E-state index contributed by atoms with van der Waals surface area (Å²) >= 11 is 2.00. The fraction of sp³-hybridized carbons (Fsp3) is 0.167. The van der Waals surface area contributed by atoms with Crippen molar-refractivity contribution in [3.63, 3.8) is 0 Å². The van der Waals surface area contributed by atoms with Gasteiger partial charge >= 0.3 is 0 Å². The zero-order valence-corrected chi connectivity index (χ0v) is 12.1. The molecule has 5 nitrogen and oxygen atoms in total. The van der Waals surface area contributed by atoms with Crippen LogP contribution in [0.3, 0.4) is 0 Å². The standard InChI is InChI=1S/C12H12IN3O2/c1-7-10(6-16(2)15-7)14-12(18)8-3-4-9(13)11(17)5-8/h3-6,17H,1-2H3,(H,14,18). The predicted molar refractivity (Wildman–Crippen MR) is 76.7 cm³/mol. The van der Waals surface area contributed by atoms with Gasteiger partial charge in [0.15, 0.2) is 0 Å². The third-order valence-corrected chi connectivity index (χ3v) is 3.38. The van der Waals surface area contributed by atoms with Crippen molar-refractivity contribution >= 4 is 34.2 Å². The Morgan fingerprint density at radius 1 is 1.50 bits per heavy atom. The lowest BCUT2D eigenvalue weighted by Gasteiger charge is -2.04. The van der Waals surface area contributed by atoms with Crippen LogP contribution in [0.2, 0.25) is 0 Å². The Bertz CT molecular complexity index is 607. The summed E-state index contributed by atoms with van der Waals surface area (Å²) in [6.07, 6.45) is 1.74. The second kappa shape index (κ2) is 4.97. The molecule has 0 aliphatic rings. The highest BCUT2D eigenvalue weighted by molar-refractivity contribution is 14.1. The van der Waals surface area contributed by atoms with Crippen LogP contribution in [0.5, 0.6) is 5.75 Å². The second-order valence-electron chi connectivity index (χ2n) is 3.92. The van der Waals surface area contributed by atoms with E-state index in [-0.39, 0.29) is 11.7 Å². The minimum Gasteiger partial charge on any atom is -0.507 e. The van der Waals surface area contributed by atoms with E-state index in [9.17, 15) is 9.90 Å². The van der Waals surface area contributed by atoms with E-state index >= 15 is 0 Å². The predicted octanol–water partition coefficient (Wildman–Crippen LogP) is 2.29. The number of aromatic nitrogens is 2. The Kier molecular flexibility index (Phi) is 3.55. The maximum Gasteiger partial charge on any atom is 0.255 e. The van der Waals surface area contributed by atoms with Gasteiger partial charge in [0.1, 0.15) is 5.75 Å². The van der Waals surface area contributed by atoms with Crippen LogP contribution in [0.25, 0.3) is 0 Å². The summed E-state index contributed by atoms with van der Waals surface area (Å²) in [4.78, 5) is 12.0. The number of carbonyl (C=O) groups is 1. The molecule has 1 heterocycles. The number of aromatic hydroxyl groups is 1. The van der Waals surface area contributed by atoms with E-state index in [2.05, 4.69) is 10.4 Å². The molecular weight excluding hydrogens is 345 g/mol. The molecule has 2 rings (SSSR count). The van der Waals surface area contributed by atoms with E-state index in [4.69, 9.17) is 0 Å². The monoisotopic (exact) mass is 357 g/mol. The van der Waals surface area contributed by atoms with Crippen LogP contribution >= 0.6 is 22.6 Å². The number of amides is 1. The highest BCUT2D eigenvalue weighted by Crippen LogP contribution is 2.21. The zero-order valence-electron chi connectivity index (χ0n) is 9.94. The van der Waals surface area contributed by atoms with Gasteiger partial charge in [0.2, 0.25) is 0 Å². The number of phenolic OH excluding ortho intramolecular Hbond substituents is 1. The Morgan fingerprint density at radius 2 is 2.22 bits per heavy atom. The number of phenols is 1.